The van der Waals surface area contributed by atoms with Crippen LogP contribution in [0.2, 0.25) is 0 Å². The fraction of sp³-hybridized carbons (Fsp3) is 0.467. The van der Waals surface area contributed by atoms with E-state index in [1.165, 1.54) is 7.11 Å². The van der Waals surface area contributed by atoms with Gasteiger partial charge in [-0.05, 0) is 31.0 Å². The Balaban J connectivity index is 2.61. The molecule has 0 atom stereocenters. The summed E-state index contributed by atoms with van der Waals surface area (Å²) >= 11 is 0. The van der Waals surface area contributed by atoms with Gasteiger partial charge >= 0.3 is 5.97 Å². The Labute approximate surface area is 119 Å². The van der Waals surface area contributed by atoms with Crippen molar-refractivity contribution in [2.45, 2.75) is 33.2 Å². The number of amides is 1. The summed E-state index contributed by atoms with van der Waals surface area (Å²) in [5.41, 5.74) is 3.12. The molecule has 0 aliphatic heterocycles. The fourth-order valence-corrected chi connectivity index (χ4v) is 1.96. The minimum absolute atomic E-state index is 0.0896. The Morgan fingerprint density at radius 2 is 1.85 bits per heavy atom. The first-order valence-electron chi connectivity index (χ1n) is 6.45. The van der Waals surface area contributed by atoms with E-state index in [4.69, 9.17) is 4.74 Å². The van der Waals surface area contributed by atoms with Crippen LogP contribution in [0.25, 0.3) is 0 Å². The van der Waals surface area contributed by atoms with Crippen molar-refractivity contribution in [1.29, 1.82) is 0 Å². The first-order chi connectivity index (χ1) is 9.47. The zero-order valence-electron chi connectivity index (χ0n) is 12.4. The first kappa shape index (κ1) is 16.0. The van der Waals surface area contributed by atoms with Crippen LogP contribution in [0.3, 0.4) is 0 Å². The van der Waals surface area contributed by atoms with Gasteiger partial charge in [-0.1, -0.05) is 6.07 Å². The number of esters is 1. The molecule has 5 nitrogen and oxygen atoms in total. The Morgan fingerprint density at radius 1 is 1.15 bits per heavy atom. The molecular weight excluding hydrogens is 258 g/mol. The molecule has 0 radical (unpaired) electrons. The van der Waals surface area contributed by atoms with Gasteiger partial charge < -0.3 is 14.8 Å². The van der Waals surface area contributed by atoms with E-state index in [9.17, 15) is 9.59 Å². The molecule has 0 saturated carbocycles. The lowest BCUT2D eigenvalue weighted by Crippen LogP contribution is -2.24. The van der Waals surface area contributed by atoms with E-state index in [0.29, 0.717) is 6.54 Å². The number of nitrogens with one attached hydrogen (secondary N) is 1. The van der Waals surface area contributed by atoms with Gasteiger partial charge in [-0.25, -0.2) is 0 Å². The number of aryl methyl sites for hydroxylation is 2. The summed E-state index contributed by atoms with van der Waals surface area (Å²) in [6.07, 6.45) is 0.215. The maximum Gasteiger partial charge on any atom is 0.306 e. The van der Waals surface area contributed by atoms with Gasteiger partial charge in [0.2, 0.25) is 5.91 Å². The zero-order valence-corrected chi connectivity index (χ0v) is 12.4. The van der Waals surface area contributed by atoms with E-state index in [2.05, 4.69) is 10.1 Å². The molecule has 0 unspecified atom stereocenters. The minimum atomic E-state index is -0.385. The highest BCUT2D eigenvalue weighted by molar-refractivity contribution is 5.81. The predicted octanol–water partition coefficient (Wildman–Crippen LogP) is 1.88. The van der Waals surface area contributed by atoms with E-state index < -0.39 is 0 Å². The number of methoxy groups -OCH3 is 2. The van der Waals surface area contributed by atoms with Crippen LogP contribution in [-0.4, -0.2) is 26.1 Å². The monoisotopic (exact) mass is 279 g/mol. The van der Waals surface area contributed by atoms with Crippen LogP contribution < -0.4 is 10.1 Å². The number of carbonyl (C=O) groups is 2. The van der Waals surface area contributed by atoms with E-state index in [0.717, 1.165) is 22.4 Å². The summed E-state index contributed by atoms with van der Waals surface area (Å²) < 4.78 is 9.82. The van der Waals surface area contributed by atoms with E-state index >= 15 is 0 Å². The van der Waals surface area contributed by atoms with Crippen molar-refractivity contribution in [3.8, 4) is 5.75 Å². The molecule has 0 fully saturated rings. The summed E-state index contributed by atoms with van der Waals surface area (Å²) in [6, 6.07) is 3.97. The second kappa shape index (κ2) is 7.53. The quantitative estimate of drug-likeness (QED) is 0.808. The van der Waals surface area contributed by atoms with Crippen molar-refractivity contribution in [2.24, 2.45) is 0 Å². The summed E-state index contributed by atoms with van der Waals surface area (Å²) in [5, 5.41) is 2.79. The van der Waals surface area contributed by atoms with Gasteiger partial charge in [0.1, 0.15) is 5.75 Å². The Hall–Kier alpha value is -2.04. The van der Waals surface area contributed by atoms with Crippen molar-refractivity contribution >= 4 is 11.9 Å². The third-order valence-corrected chi connectivity index (χ3v) is 3.04. The molecule has 0 saturated heterocycles. The van der Waals surface area contributed by atoms with Crippen LogP contribution in [-0.2, 0) is 20.9 Å². The summed E-state index contributed by atoms with van der Waals surface area (Å²) in [7, 11) is 2.91. The van der Waals surface area contributed by atoms with Crippen LogP contribution in [0.1, 0.15) is 29.5 Å². The van der Waals surface area contributed by atoms with Crippen LogP contribution in [0.4, 0.5) is 0 Å². The van der Waals surface area contributed by atoms with Crippen molar-refractivity contribution in [2.75, 3.05) is 14.2 Å². The molecule has 20 heavy (non-hydrogen) atoms. The van der Waals surface area contributed by atoms with Crippen molar-refractivity contribution in [3.05, 3.63) is 28.8 Å². The highest BCUT2D eigenvalue weighted by atomic mass is 16.5. The number of ether oxygens (including phenoxy) is 2. The average molecular weight is 279 g/mol. The van der Waals surface area contributed by atoms with E-state index in [1.807, 2.05) is 26.0 Å². The molecule has 0 spiro atoms. The van der Waals surface area contributed by atoms with Crippen molar-refractivity contribution in [1.82, 2.24) is 5.32 Å². The van der Waals surface area contributed by atoms with Crippen molar-refractivity contribution in [3.63, 3.8) is 0 Å². The van der Waals surface area contributed by atoms with Gasteiger partial charge in [0.25, 0.3) is 0 Å². The summed E-state index contributed by atoms with van der Waals surface area (Å²) in [6.45, 7) is 4.36. The van der Waals surface area contributed by atoms with Gasteiger partial charge in [-0.15, -0.1) is 0 Å². The van der Waals surface area contributed by atoms with E-state index in [1.54, 1.807) is 7.11 Å². The molecule has 0 heterocycles. The zero-order chi connectivity index (χ0) is 15.1. The lowest BCUT2D eigenvalue weighted by Gasteiger charge is -2.13. The number of benzene rings is 1. The Kier molecular flexibility index (Phi) is 6.03. The molecule has 0 bridgehead atoms. The van der Waals surface area contributed by atoms with Crippen LogP contribution >= 0.6 is 0 Å². The van der Waals surface area contributed by atoms with Gasteiger partial charge in [0, 0.05) is 18.5 Å². The molecule has 1 amide bonds. The normalized spacial score (nSPS) is 10.0. The van der Waals surface area contributed by atoms with Crippen LogP contribution in [0.5, 0.6) is 5.75 Å². The smallest absolute Gasteiger partial charge is 0.306 e. The molecule has 0 aliphatic carbocycles. The first-order valence-corrected chi connectivity index (χ1v) is 6.45. The third-order valence-electron chi connectivity index (χ3n) is 3.04. The lowest BCUT2D eigenvalue weighted by molar-refractivity contribution is -0.142. The summed E-state index contributed by atoms with van der Waals surface area (Å²) in [4.78, 5) is 22.6. The number of rotatable bonds is 6. The SMILES string of the molecule is COC(=O)CCC(=O)NCc1c(C)cc(C)cc1OC. The topological polar surface area (TPSA) is 64.6 Å². The fourth-order valence-electron chi connectivity index (χ4n) is 1.96. The Morgan fingerprint density at radius 3 is 2.45 bits per heavy atom. The molecule has 0 aromatic heterocycles. The highest BCUT2D eigenvalue weighted by Gasteiger charge is 2.10. The van der Waals surface area contributed by atoms with Gasteiger partial charge in [0.05, 0.1) is 20.6 Å². The van der Waals surface area contributed by atoms with Crippen molar-refractivity contribution < 1.29 is 19.1 Å². The maximum atomic E-state index is 11.7. The third kappa shape index (κ3) is 4.57. The van der Waals surface area contributed by atoms with Gasteiger partial charge in [0.15, 0.2) is 0 Å². The second-order valence-electron chi connectivity index (χ2n) is 4.62. The van der Waals surface area contributed by atoms with Gasteiger partial charge in [-0.2, -0.15) is 0 Å². The molecule has 110 valence electrons. The standard InChI is InChI=1S/C15H21NO4/c1-10-7-11(2)12(13(8-10)19-3)9-16-14(17)5-6-15(18)20-4/h7-8H,5-6,9H2,1-4H3,(H,16,17). The minimum Gasteiger partial charge on any atom is -0.496 e. The van der Waals surface area contributed by atoms with E-state index in [-0.39, 0.29) is 24.7 Å². The molecule has 1 rings (SSSR count). The number of hydrogen-bond donors (Lipinski definition) is 1. The average Bonchev–Trinajstić information content (AvgIpc) is 2.42. The molecule has 1 aromatic rings. The molecular formula is C15H21NO4. The largest absolute Gasteiger partial charge is 0.496 e. The molecule has 0 aliphatic rings. The van der Waals surface area contributed by atoms with Gasteiger partial charge in [-0.3, -0.25) is 9.59 Å². The number of hydrogen-bond acceptors (Lipinski definition) is 4. The van der Waals surface area contributed by atoms with Crippen LogP contribution in [0.15, 0.2) is 12.1 Å². The molecule has 1 N–H and O–H groups in total. The lowest BCUT2D eigenvalue weighted by atomic mass is 10.0. The second-order valence-corrected chi connectivity index (χ2v) is 4.62. The summed E-state index contributed by atoms with van der Waals surface area (Å²) in [5.74, 6) is 0.192. The maximum absolute atomic E-state index is 11.7. The highest BCUT2D eigenvalue weighted by Crippen LogP contribution is 2.23. The molecule has 5 heteroatoms. The Bertz CT molecular complexity index is 497. The number of carbonyl (C=O) groups excluding carboxylic acids is 2. The van der Waals surface area contributed by atoms with Crippen LogP contribution in [0, 0.1) is 13.8 Å². The predicted molar refractivity (Wildman–Crippen MR) is 75.6 cm³/mol. The molecule has 1 aromatic carbocycles.